The van der Waals surface area contributed by atoms with Crippen LogP contribution in [0.25, 0.3) is 10.9 Å². The molecule has 1 aliphatic rings. The van der Waals surface area contributed by atoms with Crippen molar-refractivity contribution in [3.8, 4) is 0 Å². The molecular weight excluding hydrogens is 493 g/mol. The van der Waals surface area contributed by atoms with Crippen LogP contribution in [0.4, 0.5) is 18.9 Å². The summed E-state index contributed by atoms with van der Waals surface area (Å²) < 4.78 is 45.4. The number of aryl methyl sites for hydroxylation is 1. The van der Waals surface area contributed by atoms with Gasteiger partial charge >= 0.3 is 6.18 Å². The Morgan fingerprint density at radius 1 is 1.19 bits per heavy atom. The Bertz CT molecular complexity index is 1430. The first-order chi connectivity index (χ1) is 17.0. The molecule has 0 spiro atoms. The van der Waals surface area contributed by atoms with Gasteiger partial charge in [0.25, 0.3) is 5.69 Å². The van der Waals surface area contributed by atoms with Crippen LogP contribution in [0.1, 0.15) is 26.7 Å². The summed E-state index contributed by atoms with van der Waals surface area (Å²) in [6.45, 7) is 2.00. The molecular formula is C25H23F3N4O3S. The number of nitrogens with zero attached hydrogens (tertiary/aromatic N) is 4. The van der Waals surface area contributed by atoms with Crippen molar-refractivity contribution in [2.24, 2.45) is 0 Å². The van der Waals surface area contributed by atoms with E-state index in [0.29, 0.717) is 13.0 Å². The van der Waals surface area contributed by atoms with E-state index in [1.165, 1.54) is 40.3 Å². The Morgan fingerprint density at radius 3 is 2.64 bits per heavy atom. The largest absolute Gasteiger partial charge is 0.422 e. The molecule has 5 rings (SSSR count). The average molecular weight is 517 g/mol. The molecule has 11 heteroatoms. The Morgan fingerprint density at radius 2 is 1.94 bits per heavy atom. The summed E-state index contributed by atoms with van der Waals surface area (Å²) in [4.78, 5) is 17.8. The predicted octanol–water partition coefficient (Wildman–Crippen LogP) is 5.17. The maximum absolute atomic E-state index is 14.6. The zero-order valence-electron chi connectivity index (χ0n) is 19.3. The molecule has 0 saturated heterocycles. The minimum Gasteiger partial charge on any atom is -0.375 e. The minimum atomic E-state index is -4.98. The normalized spacial score (nSPS) is 16.1. The average Bonchev–Trinajstić information content (AvgIpc) is 3.38. The summed E-state index contributed by atoms with van der Waals surface area (Å²) in [7, 11) is 0. The highest BCUT2D eigenvalue weighted by atomic mass is 32.1. The molecule has 2 aromatic heterocycles. The lowest BCUT2D eigenvalue weighted by molar-refractivity contribution is -0.384. The van der Waals surface area contributed by atoms with Crippen molar-refractivity contribution in [1.29, 1.82) is 0 Å². The highest BCUT2D eigenvalue weighted by Crippen LogP contribution is 2.44. The number of hydrogen-bond donors (Lipinski definition) is 1. The zero-order valence-corrected chi connectivity index (χ0v) is 20.1. The Kier molecular flexibility index (Phi) is 6.09. The second-order valence-corrected chi connectivity index (χ2v) is 10.3. The topological polar surface area (TPSA) is 84.4 Å². The van der Waals surface area contributed by atoms with Crippen LogP contribution in [0.2, 0.25) is 0 Å². The van der Waals surface area contributed by atoms with E-state index in [2.05, 4.69) is 4.98 Å². The quantitative estimate of drug-likeness (QED) is 0.282. The fourth-order valence-electron chi connectivity index (χ4n) is 4.80. The molecule has 0 amide bonds. The molecule has 0 aliphatic carbocycles. The van der Waals surface area contributed by atoms with Gasteiger partial charge in [0.15, 0.2) is 0 Å². The van der Waals surface area contributed by atoms with E-state index in [-0.39, 0.29) is 35.2 Å². The third-order valence-corrected chi connectivity index (χ3v) is 7.55. The van der Waals surface area contributed by atoms with Crippen molar-refractivity contribution >= 4 is 27.9 Å². The summed E-state index contributed by atoms with van der Waals surface area (Å²) in [6.07, 6.45) is -3.19. The van der Waals surface area contributed by atoms with E-state index in [0.717, 1.165) is 21.1 Å². The van der Waals surface area contributed by atoms with E-state index < -0.39 is 23.2 Å². The van der Waals surface area contributed by atoms with E-state index in [4.69, 9.17) is 0 Å². The number of alkyl halides is 3. The standard InChI is InChI=1S/C25H23F3N4O3S/c1-16-29-21-9-10-30(14-23(21)36-16)15-24(33,25(26,27)28)20-13-31(12-17-5-3-2-4-6-17)22-11-18(32(34)35)7-8-19(20)22/h2-8,11,13,33H,9-10,12,14-15H2,1H3. The van der Waals surface area contributed by atoms with Crippen LogP contribution in [0, 0.1) is 17.0 Å². The van der Waals surface area contributed by atoms with E-state index >= 15 is 0 Å². The molecule has 0 bridgehead atoms. The molecule has 3 heterocycles. The third-order valence-electron chi connectivity index (χ3n) is 6.56. The van der Waals surface area contributed by atoms with Crippen LogP contribution >= 0.6 is 11.3 Å². The summed E-state index contributed by atoms with van der Waals surface area (Å²) in [5.74, 6) is 0. The number of aromatic nitrogens is 2. The number of halogens is 3. The van der Waals surface area contributed by atoms with Crippen LogP contribution in [-0.4, -0.2) is 43.7 Å². The van der Waals surface area contributed by atoms with Gasteiger partial charge in [-0.05, 0) is 18.6 Å². The summed E-state index contributed by atoms with van der Waals surface area (Å²) in [5.41, 5.74) is -1.77. The maximum Gasteiger partial charge on any atom is 0.422 e. The number of rotatable bonds is 6. The lowest BCUT2D eigenvalue weighted by atomic mass is 9.91. The minimum absolute atomic E-state index is 0.127. The van der Waals surface area contributed by atoms with Gasteiger partial charge in [-0.3, -0.25) is 15.0 Å². The van der Waals surface area contributed by atoms with Crippen molar-refractivity contribution in [3.63, 3.8) is 0 Å². The van der Waals surface area contributed by atoms with Gasteiger partial charge in [-0.15, -0.1) is 11.3 Å². The van der Waals surface area contributed by atoms with Gasteiger partial charge in [0.1, 0.15) is 0 Å². The molecule has 188 valence electrons. The molecule has 0 saturated carbocycles. The summed E-state index contributed by atoms with van der Waals surface area (Å²) in [6, 6.07) is 12.8. The van der Waals surface area contributed by atoms with Gasteiger partial charge in [0.2, 0.25) is 5.60 Å². The van der Waals surface area contributed by atoms with Crippen LogP contribution in [0.15, 0.2) is 54.7 Å². The van der Waals surface area contributed by atoms with Crippen molar-refractivity contribution in [1.82, 2.24) is 14.5 Å². The van der Waals surface area contributed by atoms with Crippen molar-refractivity contribution in [3.05, 3.63) is 91.5 Å². The first kappa shape index (κ1) is 24.4. The Hall–Kier alpha value is -3.28. The molecule has 1 atom stereocenters. The number of aliphatic hydroxyl groups is 1. The van der Waals surface area contributed by atoms with E-state index in [1.807, 2.05) is 37.3 Å². The van der Waals surface area contributed by atoms with Crippen molar-refractivity contribution < 1.29 is 23.2 Å². The van der Waals surface area contributed by atoms with E-state index in [9.17, 15) is 28.4 Å². The van der Waals surface area contributed by atoms with Crippen LogP contribution < -0.4 is 0 Å². The molecule has 0 fully saturated rings. The van der Waals surface area contributed by atoms with Crippen LogP contribution in [0.5, 0.6) is 0 Å². The fraction of sp³-hybridized carbons (Fsp3) is 0.320. The summed E-state index contributed by atoms with van der Waals surface area (Å²) >= 11 is 1.45. The molecule has 7 nitrogen and oxygen atoms in total. The number of non-ortho nitro benzene ring substituents is 1. The monoisotopic (exact) mass is 516 g/mol. The molecule has 1 N–H and O–H groups in total. The Labute approximate surface area is 208 Å². The second-order valence-electron chi connectivity index (χ2n) is 9.04. The van der Waals surface area contributed by atoms with Crippen molar-refractivity contribution in [2.45, 2.75) is 38.2 Å². The van der Waals surface area contributed by atoms with Gasteiger partial charge < -0.3 is 9.67 Å². The predicted molar refractivity (Wildman–Crippen MR) is 130 cm³/mol. The van der Waals surface area contributed by atoms with Gasteiger partial charge in [-0.25, -0.2) is 4.98 Å². The maximum atomic E-state index is 14.6. The number of benzene rings is 2. The van der Waals surface area contributed by atoms with Crippen LogP contribution in [0.3, 0.4) is 0 Å². The molecule has 1 unspecified atom stereocenters. The fourth-order valence-corrected chi connectivity index (χ4v) is 5.82. The first-order valence-corrected chi connectivity index (χ1v) is 12.1. The highest BCUT2D eigenvalue weighted by Gasteiger charge is 2.57. The van der Waals surface area contributed by atoms with Crippen LogP contribution in [-0.2, 0) is 25.1 Å². The lowest BCUT2D eigenvalue weighted by Gasteiger charge is -2.37. The molecule has 0 radical (unpaired) electrons. The van der Waals surface area contributed by atoms with Crippen molar-refractivity contribution in [2.75, 3.05) is 13.1 Å². The molecule has 4 aromatic rings. The first-order valence-electron chi connectivity index (χ1n) is 11.3. The SMILES string of the molecule is Cc1nc2c(s1)CN(CC(O)(c1cn(Cc3ccccc3)c3cc([N+](=O)[O-])ccc13)C(F)(F)F)CC2. The number of β-amino-alcohol motifs (C(OH)–C–C–N with tert-alkyl or cyclic N) is 1. The Balaban J connectivity index is 1.60. The molecule has 36 heavy (non-hydrogen) atoms. The van der Waals surface area contributed by atoms with E-state index in [1.54, 1.807) is 4.90 Å². The second kappa shape index (κ2) is 8.99. The van der Waals surface area contributed by atoms with Gasteiger partial charge in [0, 0.05) is 66.8 Å². The lowest BCUT2D eigenvalue weighted by Crippen LogP contribution is -2.51. The number of fused-ring (bicyclic) bond motifs is 2. The highest BCUT2D eigenvalue weighted by molar-refractivity contribution is 7.11. The van der Waals surface area contributed by atoms with Gasteiger partial charge in [-0.2, -0.15) is 13.2 Å². The molecule has 1 aliphatic heterocycles. The number of thiazole rings is 1. The number of hydrogen-bond acceptors (Lipinski definition) is 6. The number of nitro groups is 1. The number of nitro benzene ring substituents is 1. The van der Waals surface area contributed by atoms with Gasteiger partial charge in [-0.1, -0.05) is 30.3 Å². The smallest absolute Gasteiger partial charge is 0.375 e. The summed E-state index contributed by atoms with van der Waals surface area (Å²) in [5, 5.41) is 23.7. The van der Waals surface area contributed by atoms with Gasteiger partial charge in [0.05, 0.1) is 21.1 Å². The molecule has 2 aromatic carbocycles. The zero-order chi connectivity index (χ0) is 25.7. The third kappa shape index (κ3) is 4.38.